The van der Waals surface area contributed by atoms with E-state index < -0.39 is 0 Å². The molecular weight excluding hydrogens is 444 g/mol. The van der Waals surface area contributed by atoms with Crippen molar-refractivity contribution < 1.29 is 0 Å². The number of benzene rings is 1. The average Bonchev–Trinajstić information content (AvgIpc) is 3.27. The van der Waals surface area contributed by atoms with Crippen molar-refractivity contribution in [3.05, 3.63) is 41.5 Å². The Kier molecular flexibility index (Phi) is 7.89. The molecule has 1 saturated heterocycles. The van der Waals surface area contributed by atoms with Gasteiger partial charge >= 0.3 is 0 Å². The molecule has 0 unspecified atom stereocenters. The minimum atomic E-state index is 0.0672. The predicted octanol–water partition coefficient (Wildman–Crippen LogP) is 4.74. The summed E-state index contributed by atoms with van der Waals surface area (Å²) in [6.45, 7) is 13.0. The number of nitrogens with one attached hydrogen (secondary N) is 2. The molecule has 1 aliphatic rings. The quantitative estimate of drug-likeness (QED) is 0.236. The molecule has 3 heterocycles. The van der Waals surface area contributed by atoms with Crippen molar-refractivity contribution in [3.8, 4) is 11.3 Å². The second-order valence-corrected chi connectivity index (χ2v) is 10.4. The van der Waals surface area contributed by atoms with Crippen LogP contribution in [0.4, 0.5) is 5.82 Å². The molecule has 9 heteroatoms. The molecule has 6 N–H and O–H groups in total. The number of rotatable bonds is 5. The van der Waals surface area contributed by atoms with Gasteiger partial charge in [0.1, 0.15) is 5.82 Å². The summed E-state index contributed by atoms with van der Waals surface area (Å²) in [6, 6.07) is 8.31. The minimum Gasteiger partial charge on any atom is -0.404 e. The van der Waals surface area contributed by atoms with E-state index >= 15 is 0 Å². The number of nitrogens with zero attached hydrogens (tertiary/aromatic N) is 4. The maximum atomic E-state index is 5.76. The highest BCUT2D eigenvalue weighted by Crippen LogP contribution is 2.35. The van der Waals surface area contributed by atoms with Crippen LogP contribution in [-0.4, -0.2) is 38.5 Å². The maximum Gasteiger partial charge on any atom is 0.148 e. The van der Waals surface area contributed by atoms with E-state index in [1.807, 2.05) is 43.6 Å². The lowest BCUT2D eigenvalue weighted by Crippen LogP contribution is -2.60. The zero-order valence-electron chi connectivity index (χ0n) is 20.9. The van der Waals surface area contributed by atoms with Gasteiger partial charge in [0, 0.05) is 40.0 Å². The fraction of sp³-hybridized carbons (Fsp3) is 0.440. The number of piperidine rings is 1. The highest BCUT2D eigenvalue weighted by Gasteiger charge is 2.37. The van der Waals surface area contributed by atoms with Gasteiger partial charge in [-0.3, -0.25) is 0 Å². The molecule has 1 aromatic carbocycles. The Bertz CT molecular complexity index is 1150. The topological polar surface area (TPSA) is 127 Å². The lowest BCUT2D eigenvalue weighted by Gasteiger charge is -2.46. The van der Waals surface area contributed by atoms with Crippen LogP contribution in [0.5, 0.6) is 0 Å². The van der Waals surface area contributed by atoms with E-state index in [1.54, 1.807) is 11.3 Å². The first-order chi connectivity index (χ1) is 16.2. The third-order valence-electron chi connectivity index (χ3n) is 5.67. The molecule has 0 radical (unpaired) electrons. The third kappa shape index (κ3) is 5.71. The monoisotopic (exact) mass is 480 g/mol. The number of thiazole rings is 1. The number of hydrogen-bond donors (Lipinski definition) is 4. The van der Waals surface area contributed by atoms with Crippen LogP contribution in [0.1, 0.15) is 59.9 Å². The van der Waals surface area contributed by atoms with Gasteiger partial charge in [-0.15, -0.1) is 21.5 Å². The zero-order chi connectivity index (χ0) is 24.9. The minimum absolute atomic E-state index is 0.0672. The van der Waals surface area contributed by atoms with E-state index in [4.69, 9.17) is 11.6 Å². The first-order valence-corrected chi connectivity index (χ1v) is 12.5. The standard InChI is InChI=1S/C23H30N8S.C2H6/c1-22(2)9-15(10-23(3,4)31-22)28-19-8-7-18(29-30-19)17-6-5-16(14(11-24)12-27-25)20-21(17)32-13-26-20;1-2/h5-8,11-13,15,31H,9-10,24-25H2,1-4H3,(H,28,30);1-2H3/b14-11+,27-12+;. The molecule has 0 spiro atoms. The second-order valence-electron chi connectivity index (χ2n) is 9.54. The summed E-state index contributed by atoms with van der Waals surface area (Å²) in [4.78, 5) is 4.53. The SMILES string of the molecule is CC.CC1(C)CC(Nc2ccc(-c3ccc(C(=C/N)/C=N/N)c4ncsc34)nn2)CC(C)(C)N1. The van der Waals surface area contributed by atoms with Gasteiger partial charge in [0.15, 0.2) is 0 Å². The summed E-state index contributed by atoms with van der Waals surface area (Å²) in [5, 5.41) is 19.9. The molecule has 2 aromatic heterocycles. The molecule has 1 fully saturated rings. The summed E-state index contributed by atoms with van der Waals surface area (Å²) in [5.74, 6) is 6.11. The lowest BCUT2D eigenvalue weighted by molar-refractivity contribution is 0.170. The maximum absolute atomic E-state index is 5.76. The molecule has 8 nitrogen and oxygen atoms in total. The van der Waals surface area contributed by atoms with Gasteiger partial charge in [0.05, 0.1) is 27.6 Å². The van der Waals surface area contributed by atoms with Crippen molar-refractivity contribution in [1.29, 1.82) is 0 Å². The molecule has 0 atom stereocenters. The van der Waals surface area contributed by atoms with Gasteiger partial charge in [-0.1, -0.05) is 26.0 Å². The van der Waals surface area contributed by atoms with Gasteiger partial charge in [-0.2, -0.15) is 5.10 Å². The van der Waals surface area contributed by atoms with Crippen LogP contribution in [0, 0.1) is 0 Å². The Morgan fingerprint density at radius 3 is 2.41 bits per heavy atom. The normalized spacial score (nSPS) is 18.0. The first kappa shape index (κ1) is 25.6. The Morgan fingerprint density at radius 2 is 1.82 bits per heavy atom. The van der Waals surface area contributed by atoms with Crippen molar-refractivity contribution in [1.82, 2.24) is 20.5 Å². The van der Waals surface area contributed by atoms with Crippen LogP contribution < -0.4 is 22.2 Å². The zero-order valence-corrected chi connectivity index (χ0v) is 21.7. The third-order valence-corrected chi connectivity index (χ3v) is 6.53. The Hall–Kier alpha value is -3.04. The molecule has 34 heavy (non-hydrogen) atoms. The van der Waals surface area contributed by atoms with Crippen LogP contribution in [0.15, 0.2) is 41.1 Å². The fourth-order valence-corrected chi connectivity index (χ4v) is 5.69. The van der Waals surface area contributed by atoms with E-state index in [2.05, 4.69) is 58.6 Å². The first-order valence-electron chi connectivity index (χ1n) is 11.6. The summed E-state index contributed by atoms with van der Waals surface area (Å²) in [6.07, 6.45) is 5.04. The highest BCUT2D eigenvalue weighted by atomic mass is 32.1. The second kappa shape index (κ2) is 10.5. The van der Waals surface area contributed by atoms with Gasteiger partial charge in [-0.25, -0.2) is 4.98 Å². The van der Waals surface area contributed by atoms with Crippen molar-refractivity contribution in [2.75, 3.05) is 5.32 Å². The van der Waals surface area contributed by atoms with Crippen LogP contribution in [0.2, 0.25) is 0 Å². The van der Waals surface area contributed by atoms with Crippen LogP contribution in [-0.2, 0) is 0 Å². The van der Waals surface area contributed by atoms with E-state index in [-0.39, 0.29) is 11.1 Å². The lowest BCUT2D eigenvalue weighted by atomic mass is 9.79. The van der Waals surface area contributed by atoms with Crippen molar-refractivity contribution in [2.24, 2.45) is 16.7 Å². The van der Waals surface area contributed by atoms with Gasteiger partial charge in [0.25, 0.3) is 0 Å². The number of hydrogen-bond acceptors (Lipinski definition) is 9. The Morgan fingerprint density at radius 1 is 1.12 bits per heavy atom. The van der Waals surface area contributed by atoms with Crippen LogP contribution >= 0.6 is 11.3 Å². The summed E-state index contributed by atoms with van der Waals surface area (Å²) >= 11 is 1.56. The summed E-state index contributed by atoms with van der Waals surface area (Å²) in [5.41, 5.74) is 11.9. The Balaban J connectivity index is 0.00000158. The van der Waals surface area contributed by atoms with E-state index in [0.29, 0.717) is 11.6 Å². The predicted molar refractivity (Wildman–Crippen MR) is 145 cm³/mol. The molecular formula is C25H36N8S. The number of aromatic nitrogens is 3. The van der Waals surface area contributed by atoms with Gasteiger partial charge in [0.2, 0.25) is 0 Å². The van der Waals surface area contributed by atoms with Crippen molar-refractivity contribution >= 4 is 39.2 Å². The molecule has 182 valence electrons. The number of anilines is 1. The highest BCUT2D eigenvalue weighted by molar-refractivity contribution is 7.17. The van der Waals surface area contributed by atoms with Gasteiger partial charge < -0.3 is 22.2 Å². The van der Waals surface area contributed by atoms with E-state index in [0.717, 1.165) is 45.7 Å². The van der Waals surface area contributed by atoms with Crippen LogP contribution in [0.25, 0.3) is 27.0 Å². The fourth-order valence-electron chi connectivity index (χ4n) is 4.85. The summed E-state index contributed by atoms with van der Waals surface area (Å²) < 4.78 is 1.02. The van der Waals surface area contributed by atoms with Crippen molar-refractivity contribution in [3.63, 3.8) is 0 Å². The molecule has 0 bridgehead atoms. The molecule has 4 rings (SSSR count). The molecule has 1 aliphatic heterocycles. The largest absolute Gasteiger partial charge is 0.404 e. The number of nitrogens with two attached hydrogens (primary N) is 2. The molecule has 3 aromatic rings. The molecule has 0 amide bonds. The molecule has 0 aliphatic carbocycles. The number of hydrazone groups is 1. The van der Waals surface area contributed by atoms with E-state index in [1.165, 1.54) is 12.4 Å². The van der Waals surface area contributed by atoms with E-state index in [9.17, 15) is 0 Å². The molecule has 0 saturated carbocycles. The average molecular weight is 481 g/mol. The number of fused-ring (bicyclic) bond motifs is 1. The summed E-state index contributed by atoms with van der Waals surface area (Å²) in [7, 11) is 0. The van der Waals surface area contributed by atoms with Crippen LogP contribution in [0.3, 0.4) is 0 Å². The van der Waals surface area contributed by atoms with Crippen molar-refractivity contribution in [2.45, 2.75) is 71.5 Å². The number of allylic oxidation sites excluding steroid dienone is 1. The smallest absolute Gasteiger partial charge is 0.148 e. The van der Waals surface area contributed by atoms with Gasteiger partial charge in [-0.05, 0) is 52.7 Å². The Labute approximate surface area is 206 Å².